The van der Waals surface area contributed by atoms with E-state index in [1.165, 1.54) is 50.5 Å². The summed E-state index contributed by atoms with van der Waals surface area (Å²) in [5.74, 6) is 3.30. The van der Waals surface area contributed by atoms with Gasteiger partial charge in [-0.05, 0) is 30.5 Å². The highest BCUT2D eigenvalue weighted by atomic mass is 16.6. The molecule has 1 aromatic rings. The molecule has 5 heteroatoms. The molecule has 0 spiro atoms. The zero-order valence-corrected chi connectivity index (χ0v) is 19.4. The fourth-order valence-corrected chi connectivity index (χ4v) is 3.05. The largest absolute Gasteiger partial charge is 0.491 e. The van der Waals surface area contributed by atoms with E-state index < -0.39 is 0 Å². The molecule has 0 amide bonds. The van der Waals surface area contributed by atoms with Gasteiger partial charge in [0.1, 0.15) is 19.0 Å². The normalized spacial score (nSPS) is 10.8. The first-order valence-electron chi connectivity index (χ1n) is 11.8. The van der Waals surface area contributed by atoms with Gasteiger partial charge in [0.25, 0.3) is 0 Å². The highest BCUT2D eigenvalue weighted by Crippen LogP contribution is 2.15. The Bertz CT molecular complexity index is 538. The molecule has 176 valence electrons. The van der Waals surface area contributed by atoms with Crippen LogP contribution in [0.3, 0.4) is 0 Å². The third kappa shape index (κ3) is 17.8. The quantitative estimate of drug-likeness (QED) is 0.189. The number of hydrogen-bond donors (Lipinski definition) is 0. The monoisotopic (exact) mass is 434 g/mol. The van der Waals surface area contributed by atoms with Crippen LogP contribution in [0.1, 0.15) is 57.4 Å². The summed E-state index contributed by atoms with van der Waals surface area (Å²) in [4.78, 5) is 0. The summed E-state index contributed by atoms with van der Waals surface area (Å²) in [6.45, 7) is 6.88. The van der Waals surface area contributed by atoms with Crippen molar-refractivity contribution in [1.82, 2.24) is 0 Å². The second kappa shape index (κ2) is 21.6. The maximum absolute atomic E-state index is 5.73. The number of unbranched alkanes of at least 4 members (excludes halogenated alkanes) is 6. The first-order valence-corrected chi connectivity index (χ1v) is 11.8. The molecule has 0 aliphatic rings. The highest BCUT2D eigenvalue weighted by molar-refractivity contribution is 5.27. The molecule has 0 fully saturated rings. The number of rotatable bonds is 22. The summed E-state index contributed by atoms with van der Waals surface area (Å²) in [7, 11) is 0. The van der Waals surface area contributed by atoms with Crippen LogP contribution in [0.5, 0.6) is 5.75 Å². The number of benzene rings is 1. The van der Waals surface area contributed by atoms with Gasteiger partial charge in [0.2, 0.25) is 0 Å². The van der Waals surface area contributed by atoms with Gasteiger partial charge in [0.05, 0.1) is 46.2 Å². The van der Waals surface area contributed by atoms with E-state index in [1.807, 2.05) is 0 Å². The molecule has 31 heavy (non-hydrogen) atoms. The Morgan fingerprint density at radius 1 is 0.645 bits per heavy atom. The molecule has 0 atom stereocenters. The third-order valence-corrected chi connectivity index (χ3v) is 4.79. The fraction of sp³-hybridized carbons (Fsp3) is 0.692. The minimum absolute atomic E-state index is 0.325. The lowest BCUT2D eigenvalue weighted by Crippen LogP contribution is -2.13. The van der Waals surface area contributed by atoms with Crippen LogP contribution in [0.2, 0.25) is 0 Å². The lowest BCUT2D eigenvalue weighted by molar-refractivity contribution is -0.00187. The van der Waals surface area contributed by atoms with E-state index in [0.29, 0.717) is 59.5 Å². The highest BCUT2D eigenvalue weighted by Gasteiger charge is 1.98. The van der Waals surface area contributed by atoms with Gasteiger partial charge in [0.15, 0.2) is 0 Å². The molecule has 1 rings (SSSR count). The van der Waals surface area contributed by atoms with Crippen molar-refractivity contribution in [3.8, 4) is 18.1 Å². The molecular formula is C26H42O5. The van der Waals surface area contributed by atoms with E-state index in [2.05, 4.69) is 37.1 Å². The van der Waals surface area contributed by atoms with Gasteiger partial charge in [0, 0.05) is 0 Å². The molecule has 0 aliphatic carbocycles. The maximum Gasteiger partial charge on any atom is 0.119 e. The standard InChI is InChI=1S/C26H42O5/c1-3-5-6-7-8-9-10-11-25-12-14-26(15-13-25)31-24-23-30-22-21-29-20-19-28-18-17-27-16-4-2/h2,12-15H,3,5-11,16-24H2,1H3. The molecule has 0 aromatic heterocycles. The van der Waals surface area contributed by atoms with E-state index in [0.717, 1.165) is 12.2 Å². The number of hydrogen-bond acceptors (Lipinski definition) is 5. The van der Waals surface area contributed by atoms with Crippen molar-refractivity contribution in [2.24, 2.45) is 0 Å². The average molecular weight is 435 g/mol. The van der Waals surface area contributed by atoms with Gasteiger partial charge >= 0.3 is 0 Å². The first-order chi connectivity index (χ1) is 15.4. The molecule has 0 saturated carbocycles. The number of terminal acetylenes is 1. The van der Waals surface area contributed by atoms with Crippen LogP contribution in [0.4, 0.5) is 0 Å². The molecule has 0 N–H and O–H groups in total. The third-order valence-electron chi connectivity index (χ3n) is 4.79. The molecule has 0 radical (unpaired) electrons. The Morgan fingerprint density at radius 2 is 1.16 bits per heavy atom. The molecular weight excluding hydrogens is 392 g/mol. The smallest absolute Gasteiger partial charge is 0.119 e. The van der Waals surface area contributed by atoms with E-state index in [-0.39, 0.29) is 0 Å². The summed E-state index contributed by atoms with van der Waals surface area (Å²) in [6.07, 6.45) is 15.7. The van der Waals surface area contributed by atoms with Gasteiger partial charge in [-0.2, -0.15) is 0 Å². The van der Waals surface area contributed by atoms with Crippen molar-refractivity contribution in [2.45, 2.75) is 58.3 Å². The SMILES string of the molecule is C#CCOCCOCCOCCOCCOc1ccc(CCCCCCCCC)cc1. The minimum Gasteiger partial charge on any atom is -0.491 e. The molecule has 0 bridgehead atoms. The first kappa shape index (κ1) is 27.5. The predicted molar refractivity (Wildman–Crippen MR) is 126 cm³/mol. The second-order valence-corrected chi connectivity index (χ2v) is 7.46. The van der Waals surface area contributed by atoms with Crippen molar-refractivity contribution in [1.29, 1.82) is 0 Å². The van der Waals surface area contributed by atoms with Gasteiger partial charge in [-0.15, -0.1) is 6.42 Å². The zero-order valence-electron chi connectivity index (χ0n) is 19.4. The second-order valence-electron chi connectivity index (χ2n) is 7.46. The Kier molecular flexibility index (Phi) is 19.2. The van der Waals surface area contributed by atoms with Crippen molar-refractivity contribution in [3.05, 3.63) is 29.8 Å². The molecule has 0 unspecified atom stereocenters. The molecule has 0 heterocycles. The Hall–Kier alpha value is -1.58. The Morgan fingerprint density at radius 3 is 1.74 bits per heavy atom. The summed E-state index contributed by atoms with van der Waals surface area (Å²) >= 11 is 0. The number of aryl methyl sites for hydroxylation is 1. The van der Waals surface area contributed by atoms with E-state index in [9.17, 15) is 0 Å². The molecule has 5 nitrogen and oxygen atoms in total. The Balaban J connectivity index is 1.88. The van der Waals surface area contributed by atoms with Crippen LogP contribution < -0.4 is 4.74 Å². The Labute approximate surface area is 189 Å². The van der Waals surface area contributed by atoms with Crippen LogP contribution in [-0.4, -0.2) is 59.5 Å². The van der Waals surface area contributed by atoms with Crippen LogP contribution in [0.25, 0.3) is 0 Å². The van der Waals surface area contributed by atoms with Crippen LogP contribution in [-0.2, 0) is 25.4 Å². The van der Waals surface area contributed by atoms with Crippen molar-refractivity contribution >= 4 is 0 Å². The zero-order chi connectivity index (χ0) is 22.2. The minimum atomic E-state index is 0.325. The van der Waals surface area contributed by atoms with Gasteiger partial charge in [-0.25, -0.2) is 0 Å². The van der Waals surface area contributed by atoms with Crippen LogP contribution in [0, 0.1) is 12.3 Å². The van der Waals surface area contributed by atoms with Gasteiger partial charge < -0.3 is 23.7 Å². The molecule has 0 aliphatic heterocycles. The predicted octanol–water partition coefficient (Wildman–Crippen LogP) is 5.06. The average Bonchev–Trinajstić information content (AvgIpc) is 2.79. The van der Waals surface area contributed by atoms with Crippen LogP contribution in [0.15, 0.2) is 24.3 Å². The lowest BCUT2D eigenvalue weighted by atomic mass is 10.0. The van der Waals surface area contributed by atoms with Crippen molar-refractivity contribution in [2.75, 3.05) is 59.5 Å². The topological polar surface area (TPSA) is 46.2 Å². The maximum atomic E-state index is 5.73. The summed E-state index contributed by atoms with van der Waals surface area (Å²) in [5, 5.41) is 0. The van der Waals surface area contributed by atoms with E-state index >= 15 is 0 Å². The van der Waals surface area contributed by atoms with Crippen LogP contribution >= 0.6 is 0 Å². The molecule has 0 saturated heterocycles. The molecule has 1 aromatic carbocycles. The van der Waals surface area contributed by atoms with E-state index in [4.69, 9.17) is 30.1 Å². The van der Waals surface area contributed by atoms with Gasteiger partial charge in [-0.3, -0.25) is 0 Å². The van der Waals surface area contributed by atoms with E-state index in [1.54, 1.807) is 0 Å². The summed E-state index contributed by atoms with van der Waals surface area (Å²) < 4.78 is 27.1. The summed E-state index contributed by atoms with van der Waals surface area (Å²) in [6, 6.07) is 8.45. The van der Waals surface area contributed by atoms with Gasteiger partial charge in [-0.1, -0.05) is 63.5 Å². The lowest BCUT2D eigenvalue weighted by Gasteiger charge is -2.09. The van der Waals surface area contributed by atoms with Crippen molar-refractivity contribution in [3.63, 3.8) is 0 Å². The fourth-order valence-electron chi connectivity index (χ4n) is 3.05. The van der Waals surface area contributed by atoms with Crippen molar-refractivity contribution < 1.29 is 23.7 Å². The summed E-state index contributed by atoms with van der Waals surface area (Å²) in [5.41, 5.74) is 1.39. The number of ether oxygens (including phenoxy) is 5.